The summed E-state index contributed by atoms with van der Waals surface area (Å²) in [5.74, 6) is 1.03. The Balaban J connectivity index is 2.02. The first-order valence-corrected chi connectivity index (χ1v) is 5.60. The van der Waals surface area contributed by atoms with Gasteiger partial charge in [-0.3, -0.25) is 4.79 Å². The standard InChI is InChI=1S/C12H18O2/c1-9-8-14-7-6-11(9)12(13)10-4-2-3-5-10/h4,9,11H,2-3,5-8H2,1H3. The molecule has 1 saturated heterocycles. The van der Waals surface area contributed by atoms with Crippen molar-refractivity contribution in [3.63, 3.8) is 0 Å². The number of ketones is 1. The molecule has 0 saturated carbocycles. The van der Waals surface area contributed by atoms with Gasteiger partial charge in [-0.15, -0.1) is 0 Å². The van der Waals surface area contributed by atoms with Gasteiger partial charge in [0.2, 0.25) is 0 Å². The van der Waals surface area contributed by atoms with Crippen LogP contribution in [0.25, 0.3) is 0 Å². The van der Waals surface area contributed by atoms with Gasteiger partial charge in [0.1, 0.15) is 0 Å². The highest BCUT2D eigenvalue weighted by atomic mass is 16.5. The molecule has 0 bridgehead atoms. The van der Waals surface area contributed by atoms with Gasteiger partial charge in [-0.1, -0.05) is 13.0 Å². The van der Waals surface area contributed by atoms with Gasteiger partial charge in [-0.25, -0.2) is 0 Å². The van der Waals surface area contributed by atoms with E-state index in [2.05, 4.69) is 13.0 Å². The highest BCUT2D eigenvalue weighted by molar-refractivity contribution is 5.97. The van der Waals surface area contributed by atoms with Crippen molar-refractivity contribution in [3.05, 3.63) is 11.6 Å². The summed E-state index contributed by atoms with van der Waals surface area (Å²) < 4.78 is 5.35. The van der Waals surface area contributed by atoms with Crippen molar-refractivity contribution in [2.75, 3.05) is 13.2 Å². The largest absolute Gasteiger partial charge is 0.381 e. The summed E-state index contributed by atoms with van der Waals surface area (Å²) in [6.45, 7) is 3.63. The molecule has 2 aliphatic rings. The van der Waals surface area contributed by atoms with Crippen LogP contribution in [-0.2, 0) is 9.53 Å². The molecule has 0 aromatic rings. The van der Waals surface area contributed by atoms with Crippen LogP contribution in [0.4, 0.5) is 0 Å². The fourth-order valence-corrected chi connectivity index (χ4v) is 2.40. The number of rotatable bonds is 2. The topological polar surface area (TPSA) is 26.3 Å². The molecule has 2 unspecified atom stereocenters. The van der Waals surface area contributed by atoms with Crippen LogP contribution in [0.5, 0.6) is 0 Å². The fourth-order valence-electron chi connectivity index (χ4n) is 2.40. The summed E-state index contributed by atoms with van der Waals surface area (Å²) in [5.41, 5.74) is 1.09. The first-order chi connectivity index (χ1) is 6.79. The Morgan fingerprint density at radius 2 is 2.43 bits per heavy atom. The first kappa shape index (κ1) is 9.91. The smallest absolute Gasteiger partial charge is 0.162 e. The maximum atomic E-state index is 12.1. The van der Waals surface area contributed by atoms with E-state index in [1.54, 1.807) is 0 Å². The molecular formula is C12H18O2. The highest BCUT2D eigenvalue weighted by Crippen LogP contribution is 2.29. The van der Waals surface area contributed by atoms with Gasteiger partial charge in [0.25, 0.3) is 0 Å². The first-order valence-electron chi connectivity index (χ1n) is 5.60. The predicted octanol–water partition coefficient (Wildman–Crippen LogP) is 2.34. The maximum absolute atomic E-state index is 12.1. The van der Waals surface area contributed by atoms with Crippen LogP contribution in [0.3, 0.4) is 0 Å². The van der Waals surface area contributed by atoms with Crippen LogP contribution >= 0.6 is 0 Å². The molecule has 2 rings (SSSR count). The zero-order chi connectivity index (χ0) is 9.97. The highest BCUT2D eigenvalue weighted by Gasteiger charge is 2.30. The Labute approximate surface area is 85.3 Å². The Hall–Kier alpha value is -0.630. The molecule has 78 valence electrons. The van der Waals surface area contributed by atoms with Gasteiger partial charge in [0.15, 0.2) is 5.78 Å². The van der Waals surface area contributed by atoms with E-state index in [0.717, 1.165) is 38.0 Å². The van der Waals surface area contributed by atoms with Crippen molar-refractivity contribution in [1.82, 2.24) is 0 Å². The molecule has 1 fully saturated rings. The third-order valence-corrected chi connectivity index (χ3v) is 3.34. The van der Waals surface area contributed by atoms with Gasteiger partial charge in [-0.05, 0) is 37.2 Å². The molecule has 1 aliphatic heterocycles. The van der Waals surface area contributed by atoms with Crippen LogP contribution in [0, 0.1) is 11.8 Å². The van der Waals surface area contributed by atoms with E-state index < -0.39 is 0 Å². The van der Waals surface area contributed by atoms with E-state index in [-0.39, 0.29) is 5.92 Å². The third-order valence-electron chi connectivity index (χ3n) is 3.34. The molecule has 0 aromatic heterocycles. The number of carbonyl (C=O) groups is 1. The lowest BCUT2D eigenvalue weighted by atomic mass is 9.83. The molecule has 0 aromatic carbocycles. The Morgan fingerprint density at radius 3 is 3.07 bits per heavy atom. The van der Waals surface area contributed by atoms with Crippen molar-refractivity contribution in [2.24, 2.45) is 11.8 Å². The fraction of sp³-hybridized carbons (Fsp3) is 0.750. The third kappa shape index (κ3) is 1.90. The molecule has 1 aliphatic carbocycles. The molecule has 0 amide bonds. The molecule has 14 heavy (non-hydrogen) atoms. The van der Waals surface area contributed by atoms with Crippen molar-refractivity contribution >= 4 is 5.78 Å². The monoisotopic (exact) mass is 194 g/mol. The summed E-state index contributed by atoms with van der Waals surface area (Å²) in [5, 5.41) is 0. The van der Waals surface area contributed by atoms with E-state index in [0.29, 0.717) is 11.7 Å². The van der Waals surface area contributed by atoms with E-state index in [4.69, 9.17) is 4.74 Å². The molecule has 1 heterocycles. The van der Waals surface area contributed by atoms with Crippen molar-refractivity contribution in [2.45, 2.75) is 32.6 Å². The van der Waals surface area contributed by atoms with Gasteiger partial charge in [0.05, 0.1) is 0 Å². The van der Waals surface area contributed by atoms with E-state index in [1.165, 1.54) is 6.42 Å². The van der Waals surface area contributed by atoms with E-state index in [9.17, 15) is 4.79 Å². The van der Waals surface area contributed by atoms with Crippen molar-refractivity contribution in [1.29, 1.82) is 0 Å². The van der Waals surface area contributed by atoms with Crippen LogP contribution in [0.2, 0.25) is 0 Å². The number of ether oxygens (including phenoxy) is 1. The van der Waals surface area contributed by atoms with E-state index in [1.807, 2.05) is 0 Å². The van der Waals surface area contributed by atoms with Crippen molar-refractivity contribution in [3.8, 4) is 0 Å². The predicted molar refractivity (Wildman–Crippen MR) is 55.0 cm³/mol. The van der Waals surface area contributed by atoms with Crippen LogP contribution < -0.4 is 0 Å². The molecular weight excluding hydrogens is 176 g/mol. The summed E-state index contributed by atoms with van der Waals surface area (Å²) in [6, 6.07) is 0. The molecule has 2 atom stereocenters. The average molecular weight is 194 g/mol. The number of hydrogen-bond acceptors (Lipinski definition) is 2. The Morgan fingerprint density at radius 1 is 1.57 bits per heavy atom. The second kappa shape index (κ2) is 4.26. The lowest BCUT2D eigenvalue weighted by Gasteiger charge is -2.27. The zero-order valence-electron chi connectivity index (χ0n) is 8.79. The van der Waals surface area contributed by atoms with E-state index >= 15 is 0 Å². The minimum Gasteiger partial charge on any atom is -0.381 e. The number of hydrogen-bond donors (Lipinski definition) is 0. The van der Waals surface area contributed by atoms with Gasteiger partial charge in [-0.2, -0.15) is 0 Å². The minimum atomic E-state index is 0.230. The van der Waals surface area contributed by atoms with Crippen LogP contribution in [-0.4, -0.2) is 19.0 Å². The lowest BCUT2D eigenvalue weighted by molar-refractivity contribution is -0.124. The summed E-state index contributed by atoms with van der Waals surface area (Å²) in [6.07, 6.45) is 6.31. The number of Topliss-reactive ketones (excluding diaryl/α,β-unsaturated/α-hetero) is 1. The molecule has 0 N–H and O–H groups in total. The molecule has 0 spiro atoms. The quantitative estimate of drug-likeness (QED) is 0.674. The summed E-state index contributed by atoms with van der Waals surface area (Å²) in [4.78, 5) is 12.1. The Bertz CT molecular complexity index is 255. The molecule has 2 nitrogen and oxygen atoms in total. The zero-order valence-corrected chi connectivity index (χ0v) is 8.79. The number of allylic oxidation sites excluding steroid dienone is 2. The second-order valence-electron chi connectivity index (χ2n) is 4.43. The van der Waals surface area contributed by atoms with Crippen LogP contribution in [0.15, 0.2) is 11.6 Å². The molecule has 2 heteroatoms. The summed E-state index contributed by atoms with van der Waals surface area (Å²) >= 11 is 0. The van der Waals surface area contributed by atoms with Gasteiger partial charge in [0, 0.05) is 19.1 Å². The normalized spacial score (nSPS) is 32.8. The lowest BCUT2D eigenvalue weighted by Crippen LogP contribution is -2.31. The van der Waals surface area contributed by atoms with Crippen LogP contribution in [0.1, 0.15) is 32.6 Å². The Kier molecular flexibility index (Phi) is 3.02. The van der Waals surface area contributed by atoms with Crippen molar-refractivity contribution < 1.29 is 9.53 Å². The SMILES string of the molecule is CC1COCCC1C(=O)C1=CCCC1. The average Bonchev–Trinajstić information content (AvgIpc) is 2.70. The second-order valence-corrected chi connectivity index (χ2v) is 4.43. The number of carbonyl (C=O) groups excluding carboxylic acids is 1. The van der Waals surface area contributed by atoms with Gasteiger partial charge >= 0.3 is 0 Å². The van der Waals surface area contributed by atoms with Gasteiger partial charge < -0.3 is 4.74 Å². The molecule has 0 radical (unpaired) electrons. The summed E-state index contributed by atoms with van der Waals surface area (Å²) in [7, 11) is 0. The minimum absolute atomic E-state index is 0.230. The maximum Gasteiger partial charge on any atom is 0.162 e.